The fourth-order valence-corrected chi connectivity index (χ4v) is 0.883. The first kappa shape index (κ1) is 12.3. The molecule has 1 unspecified atom stereocenters. The molecular weight excluding hydrogens is 234 g/mol. The number of azo groups is 1. The molecule has 1 rings (SSSR count). The Morgan fingerprint density at radius 2 is 2.00 bits per heavy atom. The highest BCUT2D eigenvalue weighted by Gasteiger charge is 2.07. The van der Waals surface area contributed by atoms with Crippen molar-refractivity contribution in [2.24, 2.45) is 10.2 Å². The lowest BCUT2D eigenvalue weighted by Gasteiger charge is -1.96. The molecule has 0 fully saturated rings. The van der Waals surface area contributed by atoms with E-state index in [1.54, 1.807) is 0 Å². The van der Waals surface area contributed by atoms with Crippen molar-refractivity contribution in [3.63, 3.8) is 0 Å². The van der Waals surface area contributed by atoms with Crippen LogP contribution in [0.2, 0.25) is 0 Å². The Bertz CT molecular complexity index is 430. The van der Waals surface area contributed by atoms with E-state index in [-0.39, 0.29) is 11.5 Å². The van der Waals surface area contributed by atoms with Gasteiger partial charge in [0.1, 0.15) is 0 Å². The van der Waals surface area contributed by atoms with Crippen LogP contribution >= 0.6 is 11.6 Å². The lowest BCUT2D eigenvalue weighted by Crippen LogP contribution is -2.04. The van der Waals surface area contributed by atoms with Gasteiger partial charge in [-0.3, -0.25) is 14.9 Å². The third-order valence-corrected chi connectivity index (χ3v) is 2.07. The average molecular weight is 242 g/mol. The molecule has 0 aliphatic rings. The van der Waals surface area contributed by atoms with Crippen molar-refractivity contribution in [1.82, 2.24) is 0 Å². The second kappa shape index (κ2) is 5.32. The Morgan fingerprint density at radius 3 is 2.44 bits per heavy atom. The van der Waals surface area contributed by atoms with Crippen LogP contribution in [0, 0.1) is 10.1 Å². The second-order valence-corrected chi connectivity index (χ2v) is 3.35. The molecule has 0 aliphatic heterocycles. The number of nitro groups is 1. The van der Waals surface area contributed by atoms with E-state index in [9.17, 15) is 14.9 Å². The first-order chi connectivity index (χ1) is 7.50. The van der Waals surface area contributed by atoms with Crippen LogP contribution in [0.4, 0.5) is 11.4 Å². The van der Waals surface area contributed by atoms with E-state index in [0.29, 0.717) is 5.69 Å². The maximum absolute atomic E-state index is 10.7. The lowest BCUT2D eigenvalue weighted by molar-refractivity contribution is -0.384. The highest BCUT2D eigenvalue weighted by molar-refractivity contribution is 6.30. The molecule has 7 heteroatoms. The summed E-state index contributed by atoms with van der Waals surface area (Å²) in [5, 5.41) is 17.6. The van der Waals surface area contributed by atoms with Gasteiger partial charge in [0.25, 0.3) is 5.69 Å². The maximum atomic E-state index is 10.7. The summed E-state index contributed by atoms with van der Waals surface area (Å²) in [6.07, 6.45) is 0. The third kappa shape index (κ3) is 3.39. The van der Waals surface area contributed by atoms with Crippen molar-refractivity contribution in [3.05, 3.63) is 34.4 Å². The second-order valence-electron chi connectivity index (χ2n) is 2.94. The van der Waals surface area contributed by atoms with Gasteiger partial charge in [-0.1, -0.05) is 11.6 Å². The van der Waals surface area contributed by atoms with Gasteiger partial charge in [-0.2, -0.15) is 10.2 Å². The zero-order valence-corrected chi connectivity index (χ0v) is 9.09. The summed E-state index contributed by atoms with van der Waals surface area (Å²) >= 11 is 5.53. The summed E-state index contributed by atoms with van der Waals surface area (Å²) in [4.78, 5) is 20.6. The first-order valence-electron chi connectivity index (χ1n) is 4.30. The Labute approximate surface area is 96.1 Å². The zero-order valence-electron chi connectivity index (χ0n) is 8.33. The highest BCUT2D eigenvalue weighted by Crippen LogP contribution is 2.18. The van der Waals surface area contributed by atoms with Crippen molar-refractivity contribution in [1.29, 1.82) is 0 Å². The molecule has 6 nitrogen and oxygen atoms in total. The molecule has 0 aliphatic carbocycles. The van der Waals surface area contributed by atoms with E-state index in [2.05, 4.69) is 10.2 Å². The zero-order chi connectivity index (χ0) is 12.1. The predicted molar refractivity (Wildman–Crippen MR) is 57.9 cm³/mol. The number of hydrogen-bond acceptors (Lipinski definition) is 5. The molecule has 0 spiro atoms. The fraction of sp³-hybridized carbons (Fsp3) is 0.222. The molecule has 0 N–H and O–H groups in total. The van der Waals surface area contributed by atoms with E-state index in [1.165, 1.54) is 31.2 Å². The Hall–Kier alpha value is -1.82. The summed E-state index contributed by atoms with van der Waals surface area (Å²) in [6, 6.07) is 5.44. The van der Waals surface area contributed by atoms with Crippen molar-refractivity contribution < 1.29 is 9.72 Å². The smallest absolute Gasteiger partial charge is 0.269 e. The lowest BCUT2D eigenvalue weighted by atomic mass is 10.3. The van der Waals surface area contributed by atoms with E-state index < -0.39 is 10.4 Å². The van der Waals surface area contributed by atoms with Crippen LogP contribution in [-0.2, 0) is 4.79 Å². The summed E-state index contributed by atoms with van der Waals surface area (Å²) in [5.41, 5.74) is -0.652. The third-order valence-electron chi connectivity index (χ3n) is 1.67. The minimum atomic E-state index is -1.02. The largest absolute Gasteiger partial charge is 0.296 e. The van der Waals surface area contributed by atoms with Gasteiger partial charge in [0.2, 0.25) is 5.50 Å². The number of benzene rings is 1. The normalized spacial score (nSPS) is 12.6. The molecule has 0 bridgehead atoms. The number of carbonyl (C=O) groups is 1. The molecule has 1 atom stereocenters. The van der Waals surface area contributed by atoms with Crippen molar-refractivity contribution >= 4 is 28.8 Å². The first-order valence-corrected chi connectivity index (χ1v) is 4.74. The van der Waals surface area contributed by atoms with Crippen LogP contribution in [0.5, 0.6) is 0 Å². The van der Waals surface area contributed by atoms with Gasteiger partial charge in [-0.15, -0.1) is 0 Å². The Morgan fingerprint density at radius 1 is 1.44 bits per heavy atom. The Kier molecular flexibility index (Phi) is 4.07. The summed E-state index contributed by atoms with van der Waals surface area (Å²) in [7, 11) is 0. The number of carbonyl (C=O) groups excluding carboxylic acids is 1. The van der Waals surface area contributed by atoms with Gasteiger partial charge < -0.3 is 0 Å². The number of alkyl halides is 1. The van der Waals surface area contributed by atoms with Gasteiger partial charge in [0.15, 0.2) is 5.78 Å². The number of hydrogen-bond donors (Lipinski definition) is 0. The molecule has 84 valence electrons. The van der Waals surface area contributed by atoms with Crippen LogP contribution in [0.3, 0.4) is 0 Å². The van der Waals surface area contributed by atoms with Gasteiger partial charge in [0, 0.05) is 12.1 Å². The minimum Gasteiger partial charge on any atom is -0.296 e. The summed E-state index contributed by atoms with van der Waals surface area (Å²) in [5.74, 6) is -0.313. The molecule has 0 amide bonds. The van der Waals surface area contributed by atoms with E-state index in [0.717, 1.165) is 0 Å². The number of nitrogens with zero attached hydrogens (tertiary/aromatic N) is 3. The number of non-ortho nitro benzene ring substituents is 1. The number of rotatable bonds is 4. The average Bonchev–Trinajstić information content (AvgIpc) is 2.26. The molecule has 0 radical (unpaired) electrons. The standard InChI is InChI=1S/C9H8ClN3O3/c1-6(14)9(10)12-11-7-2-4-8(5-3-7)13(15)16/h2-5,9H,1H3. The molecule has 0 saturated heterocycles. The van der Waals surface area contributed by atoms with Crippen molar-refractivity contribution in [2.45, 2.75) is 12.4 Å². The van der Waals surface area contributed by atoms with Crippen molar-refractivity contribution in [2.75, 3.05) is 0 Å². The van der Waals surface area contributed by atoms with E-state index >= 15 is 0 Å². The van der Waals surface area contributed by atoms with E-state index in [4.69, 9.17) is 11.6 Å². The molecule has 16 heavy (non-hydrogen) atoms. The summed E-state index contributed by atoms with van der Waals surface area (Å²) in [6.45, 7) is 1.30. The predicted octanol–water partition coefficient (Wildman–Crippen LogP) is 2.83. The van der Waals surface area contributed by atoms with Gasteiger partial charge >= 0.3 is 0 Å². The monoisotopic (exact) mass is 241 g/mol. The van der Waals surface area contributed by atoms with Crippen LogP contribution in [0.15, 0.2) is 34.5 Å². The quantitative estimate of drug-likeness (QED) is 0.267. The van der Waals surface area contributed by atoms with Gasteiger partial charge in [0.05, 0.1) is 10.6 Å². The minimum absolute atomic E-state index is 0.0343. The topological polar surface area (TPSA) is 84.9 Å². The molecule has 0 heterocycles. The van der Waals surface area contributed by atoms with Crippen molar-refractivity contribution in [3.8, 4) is 0 Å². The van der Waals surface area contributed by atoms with Crippen LogP contribution in [0.25, 0.3) is 0 Å². The van der Waals surface area contributed by atoms with E-state index in [1.807, 2.05) is 0 Å². The highest BCUT2D eigenvalue weighted by atomic mass is 35.5. The number of Topliss-reactive ketones (excluding diaryl/α,β-unsaturated/α-hetero) is 1. The van der Waals surface area contributed by atoms with Crippen LogP contribution in [-0.4, -0.2) is 16.2 Å². The maximum Gasteiger partial charge on any atom is 0.269 e. The molecule has 1 aromatic carbocycles. The Balaban J connectivity index is 2.76. The summed E-state index contributed by atoms with van der Waals surface area (Å²) < 4.78 is 0. The number of nitro benzene ring substituents is 1. The number of ketones is 1. The SMILES string of the molecule is CC(=O)C(Cl)N=Nc1ccc([N+](=O)[O-])cc1. The fourth-order valence-electron chi connectivity index (χ4n) is 0.840. The van der Waals surface area contributed by atoms with Crippen LogP contribution < -0.4 is 0 Å². The van der Waals surface area contributed by atoms with Gasteiger partial charge in [-0.05, 0) is 19.1 Å². The van der Waals surface area contributed by atoms with Crippen LogP contribution in [0.1, 0.15) is 6.92 Å². The molecule has 0 saturated carbocycles. The number of halogens is 1. The molecular formula is C9H8ClN3O3. The molecule has 0 aromatic heterocycles. The molecule has 1 aromatic rings. The van der Waals surface area contributed by atoms with Gasteiger partial charge in [-0.25, -0.2) is 0 Å².